The smallest absolute Gasteiger partial charge is 0.275 e. The van der Waals surface area contributed by atoms with Crippen LogP contribution in [-0.4, -0.2) is 35.6 Å². The maximum atomic E-state index is 11.1. The minimum Gasteiger partial charge on any atom is -0.275 e. The van der Waals surface area contributed by atoms with Gasteiger partial charge in [0.1, 0.15) is 12.2 Å². The van der Waals surface area contributed by atoms with Crippen LogP contribution >= 0.6 is 0 Å². The van der Waals surface area contributed by atoms with Crippen molar-refractivity contribution in [1.82, 2.24) is 21.0 Å². The molecule has 3 aliphatic rings. The predicted molar refractivity (Wildman–Crippen MR) is 34.1 cm³/mol. The van der Waals surface area contributed by atoms with Crippen LogP contribution in [0.1, 0.15) is 0 Å². The molecule has 3 heterocycles. The van der Waals surface area contributed by atoms with Gasteiger partial charge in [-0.25, -0.2) is 9.63 Å². The van der Waals surface area contributed by atoms with Crippen molar-refractivity contribution in [3.05, 3.63) is 0 Å². The molecule has 64 valence electrons. The molecule has 0 radical (unpaired) electrons. The van der Waals surface area contributed by atoms with E-state index >= 15 is 0 Å². The Labute approximate surface area is 67.0 Å². The van der Waals surface area contributed by atoms with Crippen LogP contribution in [0.2, 0.25) is 0 Å². The zero-order valence-corrected chi connectivity index (χ0v) is 5.90. The molecule has 3 atom stereocenters. The zero-order valence-electron chi connectivity index (χ0n) is 5.90. The van der Waals surface area contributed by atoms with Crippen molar-refractivity contribution in [2.75, 3.05) is 0 Å². The summed E-state index contributed by atoms with van der Waals surface area (Å²) >= 11 is 0. The van der Waals surface area contributed by atoms with Crippen LogP contribution in [0.4, 0.5) is 4.79 Å². The highest BCUT2D eigenvalue weighted by Gasteiger charge is 2.54. The number of imide groups is 1. The molecule has 7 heteroatoms. The Balaban J connectivity index is 2.01. The van der Waals surface area contributed by atoms with Gasteiger partial charge in [0.25, 0.3) is 0 Å². The Morgan fingerprint density at radius 2 is 2.17 bits per heavy atom. The van der Waals surface area contributed by atoms with Gasteiger partial charge in [0.15, 0.2) is 6.35 Å². The summed E-state index contributed by atoms with van der Waals surface area (Å²) in [5.74, 6) is -0.306. The molecule has 0 aromatic carbocycles. The summed E-state index contributed by atoms with van der Waals surface area (Å²) < 4.78 is 0. The second-order valence-electron chi connectivity index (χ2n) is 2.86. The summed E-state index contributed by atoms with van der Waals surface area (Å²) in [6.45, 7) is 0. The lowest BCUT2D eigenvalue weighted by Crippen LogP contribution is -2.66. The molecule has 3 unspecified atom stereocenters. The van der Waals surface area contributed by atoms with E-state index in [4.69, 9.17) is 4.84 Å². The number of amides is 3. The Hall–Kier alpha value is -1.18. The SMILES string of the molecule is O=C1NC(=O)N2OC3NC1C2N3. The maximum absolute atomic E-state index is 11.1. The Morgan fingerprint density at radius 1 is 1.33 bits per heavy atom. The van der Waals surface area contributed by atoms with Crippen molar-refractivity contribution in [2.45, 2.75) is 18.6 Å². The van der Waals surface area contributed by atoms with Crippen molar-refractivity contribution < 1.29 is 14.4 Å². The van der Waals surface area contributed by atoms with Crippen LogP contribution in [0.3, 0.4) is 0 Å². The molecule has 12 heavy (non-hydrogen) atoms. The standard InChI is InChI=1S/C5H6N4O3/c10-3-1-2-7-4(6-1)12-9(2)5(11)8-3/h1-2,4,6-7H,(H,8,10,11). The third kappa shape index (κ3) is 0.568. The van der Waals surface area contributed by atoms with Gasteiger partial charge in [-0.3, -0.25) is 20.7 Å². The first-order chi connectivity index (χ1) is 5.75. The van der Waals surface area contributed by atoms with Crippen molar-refractivity contribution in [3.63, 3.8) is 0 Å². The highest BCUT2D eigenvalue weighted by Crippen LogP contribution is 2.23. The number of fused-ring (bicyclic) bond motifs is 1. The normalized spacial score (nSPS) is 43.7. The number of rotatable bonds is 0. The number of nitrogens with one attached hydrogen (secondary N) is 3. The van der Waals surface area contributed by atoms with Gasteiger partial charge < -0.3 is 0 Å². The molecule has 0 aliphatic carbocycles. The fourth-order valence-electron chi connectivity index (χ4n) is 1.63. The first-order valence-electron chi connectivity index (χ1n) is 3.59. The third-order valence-corrected chi connectivity index (χ3v) is 2.15. The zero-order chi connectivity index (χ0) is 8.29. The molecular formula is C5H6N4O3. The molecule has 3 N–H and O–H groups in total. The number of hydrogen-bond acceptors (Lipinski definition) is 5. The second-order valence-corrected chi connectivity index (χ2v) is 2.86. The maximum Gasteiger partial charge on any atom is 0.349 e. The van der Waals surface area contributed by atoms with Gasteiger partial charge in [0.05, 0.1) is 0 Å². The lowest BCUT2D eigenvalue weighted by Gasteiger charge is -2.34. The minimum atomic E-state index is -0.502. The summed E-state index contributed by atoms with van der Waals surface area (Å²) in [6.07, 6.45) is -0.758. The van der Waals surface area contributed by atoms with Gasteiger partial charge in [0.2, 0.25) is 5.91 Å². The summed E-state index contributed by atoms with van der Waals surface area (Å²) in [5.41, 5.74) is 0. The second kappa shape index (κ2) is 1.76. The van der Waals surface area contributed by atoms with E-state index in [0.717, 1.165) is 5.06 Å². The van der Waals surface area contributed by atoms with E-state index in [1.54, 1.807) is 0 Å². The van der Waals surface area contributed by atoms with Crippen molar-refractivity contribution >= 4 is 11.9 Å². The lowest BCUT2D eigenvalue weighted by molar-refractivity contribution is -0.177. The van der Waals surface area contributed by atoms with Gasteiger partial charge in [-0.1, -0.05) is 0 Å². The molecule has 0 spiro atoms. The molecule has 0 saturated carbocycles. The molecule has 3 aliphatic heterocycles. The molecule has 0 aromatic rings. The Kier molecular flexibility index (Phi) is 0.932. The number of nitrogens with zero attached hydrogens (tertiary/aromatic N) is 1. The quantitative estimate of drug-likeness (QED) is 0.379. The monoisotopic (exact) mass is 170 g/mol. The molecule has 3 saturated heterocycles. The summed E-state index contributed by atoms with van der Waals surface area (Å²) in [5, 5.41) is 9.06. The molecule has 0 aromatic heterocycles. The van der Waals surface area contributed by atoms with Gasteiger partial charge in [-0.15, -0.1) is 0 Å². The van der Waals surface area contributed by atoms with E-state index in [1.165, 1.54) is 0 Å². The lowest BCUT2D eigenvalue weighted by atomic mass is 10.2. The molecule has 2 bridgehead atoms. The Morgan fingerprint density at radius 3 is 2.92 bits per heavy atom. The number of hydrogen-bond donors (Lipinski definition) is 3. The summed E-state index contributed by atoms with van der Waals surface area (Å²) in [6, 6.07) is -0.890. The van der Waals surface area contributed by atoms with Gasteiger partial charge in [0, 0.05) is 0 Å². The van der Waals surface area contributed by atoms with Crippen molar-refractivity contribution in [3.8, 4) is 0 Å². The summed E-state index contributed by atoms with van der Waals surface area (Å²) in [7, 11) is 0. The van der Waals surface area contributed by atoms with Crippen LogP contribution in [0.25, 0.3) is 0 Å². The largest absolute Gasteiger partial charge is 0.349 e. The number of carbonyl (C=O) groups excluding carboxylic acids is 2. The molecule has 3 rings (SSSR count). The van der Waals surface area contributed by atoms with Crippen LogP contribution < -0.4 is 16.0 Å². The first-order valence-corrected chi connectivity index (χ1v) is 3.59. The van der Waals surface area contributed by atoms with Crippen LogP contribution in [0.5, 0.6) is 0 Å². The van der Waals surface area contributed by atoms with Crippen molar-refractivity contribution in [1.29, 1.82) is 0 Å². The van der Waals surface area contributed by atoms with E-state index in [1.807, 2.05) is 0 Å². The minimum absolute atomic E-state index is 0.306. The fraction of sp³-hybridized carbons (Fsp3) is 0.600. The first kappa shape index (κ1) is 6.35. The van der Waals surface area contributed by atoms with E-state index in [-0.39, 0.29) is 18.1 Å². The highest BCUT2D eigenvalue weighted by molar-refractivity contribution is 6.00. The van der Waals surface area contributed by atoms with E-state index in [2.05, 4.69) is 16.0 Å². The molecule has 7 nitrogen and oxygen atoms in total. The van der Waals surface area contributed by atoms with E-state index < -0.39 is 12.4 Å². The van der Waals surface area contributed by atoms with Crippen molar-refractivity contribution in [2.24, 2.45) is 0 Å². The van der Waals surface area contributed by atoms with Crippen LogP contribution in [0.15, 0.2) is 0 Å². The average Bonchev–Trinajstić information content (AvgIpc) is 2.58. The van der Waals surface area contributed by atoms with Gasteiger partial charge in [-0.05, 0) is 0 Å². The number of carbonyl (C=O) groups is 2. The molecule has 3 amide bonds. The van der Waals surface area contributed by atoms with E-state index in [9.17, 15) is 9.59 Å². The average molecular weight is 170 g/mol. The molecular weight excluding hydrogens is 164 g/mol. The fourth-order valence-corrected chi connectivity index (χ4v) is 1.63. The van der Waals surface area contributed by atoms with E-state index in [0.29, 0.717) is 0 Å². The van der Waals surface area contributed by atoms with Gasteiger partial charge >= 0.3 is 6.03 Å². The topological polar surface area (TPSA) is 82.7 Å². The predicted octanol–water partition coefficient (Wildman–Crippen LogP) is -2.35. The summed E-state index contributed by atoms with van der Waals surface area (Å²) in [4.78, 5) is 27.2. The van der Waals surface area contributed by atoms with Crippen LogP contribution in [-0.2, 0) is 9.63 Å². The van der Waals surface area contributed by atoms with Gasteiger partial charge in [-0.2, -0.15) is 5.06 Å². The molecule has 3 fully saturated rings. The third-order valence-electron chi connectivity index (χ3n) is 2.15. The number of hydroxylamine groups is 2. The Bertz CT molecular complexity index is 256. The van der Waals surface area contributed by atoms with Crippen LogP contribution in [0, 0.1) is 0 Å². The number of urea groups is 1. The highest BCUT2D eigenvalue weighted by atomic mass is 16.7.